The SMILES string of the molecule is COc1cc([C@](O)(CCN(C)C)[C@@H](c2cc3cc(Br)ccc3nc2OC)c2cccc(OC)c2F)cc(OC(C)C)n1. The molecule has 0 fully saturated rings. The molecule has 0 aliphatic heterocycles. The predicted molar refractivity (Wildman–Crippen MR) is 164 cm³/mol. The molecule has 1 N–H and O–H groups in total. The molecule has 2 atom stereocenters. The van der Waals surface area contributed by atoms with Gasteiger partial charge in [0.1, 0.15) is 5.60 Å². The molecule has 2 aromatic heterocycles. The fourth-order valence-electron chi connectivity index (χ4n) is 5.09. The van der Waals surface area contributed by atoms with E-state index in [1.807, 2.05) is 57.1 Å². The molecule has 0 saturated heterocycles. The van der Waals surface area contributed by atoms with Crippen LogP contribution in [0.4, 0.5) is 4.39 Å². The molecule has 4 rings (SSSR count). The minimum atomic E-state index is -1.72. The Morgan fingerprint density at radius 3 is 2.31 bits per heavy atom. The monoisotopic (exact) mass is 641 g/mol. The summed E-state index contributed by atoms with van der Waals surface area (Å²) in [6.45, 7) is 4.24. The van der Waals surface area contributed by atoms with E-state index in [4.69, 9.17) is 23.9 Å². The van der Waals surface area contributed by atoms with Gasteiger partial charge in [0.2, 0.25) is 17.6 Å². The number of aromatic nitrogens is 2. The van der Waals surface area contributed by atoms with Crippen LogP contribution in [0.2, 0.25) is 0 Å². The van der Waals surface area contributed by atoms with E-state index >= 15 is 4.39 Å². The number of benzene rings is 2. The number of aliphatic hydroxyl groups is 1. The number of hydrogen-bond acceptors (Lipinski definition) is 8. The normalized spacial score (nSPS) is 13.7. The van der Waals surface area contributed by atoms with Crippen molar-refractivity contribution in [1.29, 1.82) is 0 Å². The van der Waals surface area contributed by atoms with Crippen molar-refractivity contribution < 1.29 is 28.4 Å². The van der Waals surface area contributed by atoms with Crippen LogP contribution in [-0.2, 0) is 5.60 Å². The Kier molecular flexibility index (Phi) is 9.91. The third-order valence-electron chi connectivity index (χ3n) is 7.06. The molecule has 0 unspecified atom stereocenters. The van der Waals surface area contributed by atoms with Gasteiger partial charge in [-0.05, 0) is 70.3 Å². The lowest BCUT2D eigenvalue weighted by atomic mass is 9.71. The van der Waals surface area contributed by atoms with Crippen molar-refractivity contribution in [3.05, 3.63) is 81.6 Å². The number of rotatable bonds is 12. The zero-order valence-electron chi connectivity index (χ0n) is 24.9. The molecule has 0 aliphatic carbocycles. The minimum absolute atomic E-state index is 0.0547. The van der Waals surface area contributed by atoms with Gasteiger partial charge in [-0.2, -0.15) is 4.98 Å². The van der Waals surface area contributed by atoms with E-state index in [2.05, 4.69) is 20.9 Å². The first-order valence-electron chi connectivity index (χ1n) is 13.6. The van der Waals surface area contributed by atoms with Gasteiger partial charge in [0.05, 0.1) is 38.9 Å². The molecule has 0 radical (unpaired) electrons. The van der Waals surface area contributed by atoms with Gasteiger partial charge in [-0.25, -0.2) is 9.37 Å². The third-order valence-corrected chi connectivity index (χ3v) is 7.55. The number of ether oxygens (including phenoxy) is 4. The quantitative estimate of drug-likeness (QED) is 0.192. The van der Waals surface area contributed by atoms with Crippen molar-refractivity contribution in [3.63, 3.8) is 0 Å². The Morgan fingerprint density at radius 2 is 1.67 bits per heavy atom. The largest absolute Gasteiger partial charge is 0.494 e. The summed E-state index contributed by atoms with van der Waals surface area (Å²) in [7, 11) is 8.25. The standard InChI is InChI=1S/C32H37BrFN3O5/c1-19(2)42-28-18-21(17-27(36-28)40-6)32(38,13-14-37(3)4)29(23-9-8-10-26(39-5)30(23)34)24-16-20-15-22(33)11-12-25(20)35-31(24)41-7/h8-12,15-19,29,38H,13-14H2,1-7H3/t29-,32-/m1/s1. The molecular weight excluding hydrogens is 605 g/mol. The Hall–Kier alpha value is -3.47. The molecule has 10 heteroatoms. The summed E-state index contributed by atoms with van der Waals surface area (Å²) in [6, 6.07) is 15.8. The lowest BCUT2D eigenvalue weighted by Gasteiger charge is -2.39. The van der Waals surface area contributed by atoms with Crippen LogP contribution in [0.25, 0.3) is 10.9 Å². The van der Waals surface area contributed by atoms with E-state index in [-0.39, 0.29) is 41.5 Å². The minimum Gasteiger partial charge on any atom is -0.494 e. The highest BCUT2D eigenvalue weighted by Crippen LogP contribution is 2.49. The van der Waals surface area contributed by atoms with Crippen molar-refractivity contribution in [2.24, 2.45) is 0 Å². The van der Waals surface area contributed by atoms with E-state index in [1.165, 1.54) is 21.3 Å². The summed E-state index contributed by atoms with van der Waals surface area (Å²) in [4.78, 5) is 11.2. The Labute approximate surface area is 254 Å². The second-order valence-corrected chi connectivity index (χ2v) is 11.5. The van der Waals surface area contributed by atoms with Crippen LogP contribution in [0.3, 0.4) is 0 Å². The zero-order valence-corrected chi connectivity index (χ0v) is 26.5. The van der Waals surface area contributed by atoms with Crippen molar-refractivity contribution in [1.82, 2.24) is 14.9 Å². The van der Waals surface area contributed by atoms with Crippen LogP contribution >= 0.6 is 15.9 Å². The molecule has 0 spiro atoms. The summed E-state index contributed by atoms with van der Waals surface area (Å²) >= 11 is 3.54. The van der Waals surface area contributed by atoms with Crippen LogP contribution < -0.4 is 18.9 Å². The molecule has 2 heterocycles. The molecule has 0 bridgehead atoms. The Balaban J connectivity index is 2.11. The first-order chi connectivity index (χ1) is 20.0. The molecule has 4 aromatic rings. The third kappa shape index (κ3) is 6.61. The summed E-state index contributed by atoms with van der Waals surface area (Å²) in [6.07, 6.45) is 0.0251. The number of hydrogen-bond donors (Lipinski definition) is 1. The maximum Gasteiger partial charge on any atom is 0.217 e. The highest BCUT2D eigenvalue weighted by atomic mass is 79.9. The molecular formula is C32H37BrFN3O5. The predicted octanol–water partition coefficient (Wildman–Crippen LogP) is 6.32. The number of fused-ring (bicyclic) bond motifs is 1. The molecule has 2 aromatic carbocycles. The number of methoxy groups -OCH3 is 3. The van der Waals surface area contributed by atoms with Gasteiger partial charge in [0.25, 0.3) is 0 Å². The van der Waals surface area contributed by atoms with Crippen molar-refractivity contribution >= 4 is 26.8 Å². The van der Waals surface area contributed by atoms with Gasteiger partial charge in [-0.15, -0.1) is 0 Å². The Bertz CT molecular complexity index is 1550. The average Bonchev–Trinajstić information content (AvgIpc) is 2.96. The van der Waals surface area contributed by atoms with Crippen LogP contribution in [0, 0.1) is 5.82 Å². The molecule has 0 aliphatic rings. The average molecular weight is 643 g/mol. The second kappa shape index (κ2) is 13.2. The maximum absolute atomic E-state index is 16.3. The van der Waals surface area contributed by atoms with Gasteiger partial charge in [-0.3, -0.25) is 0 Å². The molecule has 8 nitrogen and oxygen atoms in total. The van der Waals surface area contributed by atoms with Crippen molar-refractivity contribution in [3.8, 4) is 23.4 Å². The van der Waals surface area contributed by atoms with Gasteiger partial charge in [0, 0.05) is 39.7 Å². The van der Waals surface area contributed by atoms with Gasteiger partial charge < -0.3 is 29.0 Å². The Morgan fingerprint density at radius 1 is 0.929 bits per heavy atom. The van der Waals surface area contributed by atoms with Crippen molar-refractivity contribution in [2.75, 3.05) is 42.0 Å². The fourth-order valence-corrected chi connectivity index (χ4v) is 5.47. The van der Waals surface area contributed by atoms with Gasteiger partial charge in [-0.1, -0.05) is 28.1 Å². The zero-order chi connectivity index (χ0) is 30.6. The van der Waals surface area contributed by atoms with E-state index in [0.717, 1.165) is 9.86 Å². The first-order valence-corrected chi connectivity index (χ1v) is 14.4. The second-order valence-electron chi connectivity index (χ2n) is 10.6. The van der Waals surface area contributed by atoms with Crippen LogP contribution in [0.5, 0.6) is 23.4 Å². The van der Waals surface area contributed by atoms with Gasteiger partial charge in [0.15, 0.2) is 11.6 Å². The van der Waals surface area contributed by atoms with Gasteiger partial charge >= 0.3 is 0 Å². The molecule has 42 heavy (non-hydrogen) atoms. The summed E-state index contributed by atoms with van der Waals surface area (Å²) in [5, 5.41) is 13.8. The fraction of sp³-hybridized carbons (Fsp3) is 0.375. The van der Waals surface area contributed by atoms with E-state index in [1.54, 1.807) is 30.3 Å². The van der Waals surface area contributed by atoms with Crippen molar-refractivity contribution in [2.45, 2.75) is 37.9 Å². The topological polar surface area (TPSA) is 86.2 Å². The summed E-state index contributed by atoms with van der Waals surface area (Å²) in [5.74, 6) is -0.746. The highest BCUT2D eigenvalue weighted by molar-refractivity contribution is 9.10. The van der Waals surface area contributed by atoms with Crippen LogP contribution in [0.1, 0.15) is 42.9 Å². The van der Waals surface area contributed by atoms with E-state index in [9.17, 15) is 5.11 Å². The van der Waals surface area contributed by atoms with Crippen LogP contribution in [-0.4, -0.2) is 68.0 Å². The molecule has 224 valence electrons. The number of halogens is 2. The van der Waals surface area contributed by atoms with Crippen LogP contribution in [0.15, 0.2) is 59.1 Å². The molecule has 0 saturated carbocycles. The smallest absolute Gasteiger partial charge is 0.217 e. The number of pyridine rings is 2. The summed E-state index contributed by atoms with van der Waals surface area (Å²) < 4.78 is 39.8. The summed E-state index contributed by atoms with van der Waals surface area (Å²) in [5.41, 5.74) is 0.122. The lowest BCUT2D eigenvalue weighted by molar-refractivity contribution is 0.00219. The van der Waals surface area contributed by atoms with E-state index < -0.39 is 17.3 Å². The lowest BCUT2D eigenvalue weighted by Crippen LogP contribution is -2.38. The van der Waals surface area contributed by atoms with E-state index in [0.29, 0.717) is 23.2 Å². The first kappa shape index (κ1) is 31.5. The highest BCUT2D eigenvalue weighted by Gasteiger charge is 2.44. The maximum atomic E-state index is 16.3. The number of nitrogens with zero attached hydrogens (tertiary/aromatic N) is 3. The molecule has 0 amide bonds.